The fourth-order valence-electron chi connectivity index (χ4n) is 1.97. The van der Waals surface area contributed by atoms with Crippen molar-refractivity contribution < 1.29 is 15.3 Å². The van der Waals surface area contributed by atoms with Gasteiger partial charge in [-0.2, -0.15) is 0 Å². The van der Waals surface area contributed by atoms with Gasteiger partial charge in [-0.15, -0.1) is 0 Å². The van der Waals surface area contributed by atoms with Crippen LogP contribution in [0.1, 0.15) is 19.3 Å². The first kappa shape index (κ1) is 10.9. The van der Waals surface area contributed by atoms with E-state index in [0.29, 0.717) is 0 Å². The van der Waals surface area contributed by atoms with Crippen molar-refractivity contribution in [2.24, 2.45) is 5.92 Å². The maximum Gasteiger partial charge on any atom is 0.0928 e. The van der Waals surface area contributed by atoms with Crippen molar-refractivity contribution in [1.82, 2.24) is 5.32 Å². The molecule has 0 bridgehead atoms. The molecule has 0 aromatic carbocycles. The van der Waals surface area contributed by atoms with Gasteiger partial charge in [-0.25, -0.2) is 0 Å². The predicted molar refractivity (Wildman–Crippen MR) is 49.3 cm³/mol. The van der Waals surface area contributed by atoms with Crippen molar-refractivity contribution in [2.45, 2.75) is 24.9 Å². The molecular formula is C9H19NO3. The van der Waals surface area contributed by atoms with Crippen molar-refractivity contribution in [3.05, 3.63) is 0 Å². The average Bonchev–Trinajstić information content (AvgIpc) is 2.19. The zero-order valence-corrected chi connectivity index (χ0v) is 7.87. The largest absolute Gasteiger partial charge is 0.396 e. The Morgan fingerprint density at radius 1 is 1.23 bits per heavy atom. The fraction of sp³-hybridized carbons (Fsp3) is 1.00. The number of hydrogen-bond donors (Lipinski definition) is 4. The van der Waals surface area contributed by atoms with Gasteiger partial charge in [0, 0.05) is 13.0 Å². The summed E-state index contributed by atoms with van der Waals surface area (Å²) in [5, 5.41) is 31.1. The van der Waals surface area contributed by atoms with Gasteiger partial charge in [0.25, 0.3) is 0 Å². The zero-order valence-electron chi connectivity index (χ0n) is 7.87. The van der Waals surface area contributed by atoms with Crippen molar-refractivity contribution in [3.63, 3.8) is 0 Å². The molecule has 0 aliphatic carbocycles. The third-order valence-electron chi connectivity index (χ3n) is 2.92. The van der Waals surface area contributed by atoms with Crippen LogP contribution in [0, 0.1) is 5.92 Å². The molecular weight excluding hydrogens is 170 g/mol. The highest BCUT2D eigenvalue weighted by atomic mass is 16.3. The minimum Gasteiger partial charge on any atom is -0.396 e. The molecule has 1 atom stereocenters. The lowest BCUT2D eigenvalue weighted by atomic mass is 9.79. The van der Waals surface area contributed by atoms with Gasteiger partial charge in [0.2, 0.25) is 0 Å². The van der Waals surface area contributed by atoms with Crippen LogP contribution in [0.3, 0.4) is 0 Å². The number of aliphatic hydroxyl groups excluding tert-OH is 2. The van der Waals surface area contributed by atoms with Crippen LogP contribution in [-0.4, -0.2) is 47.2 Å². The third-order valence-corrected chi connectivity index (χ3v) is 2.92. The van der Waals surface area contributed by atoms with Crippen molar-refractivity contribution in [1.29, 1.82) is 0 Å². The first-order valence-electron chi connectivity index (χ1n) is 4.88. The van der Waals surface area contributed by atoms with Crippen molar-refractivity contribution >= 4 is 0 Å². The van der Waals surface area contributed by atoms with E-state index < -0.39 is 5.60 Å². The molecule has 13 heavy (non-hydrogen) atoms. The minimum absolute atomic E-state index is 0.0685. The first-order valence-corrected chi connectivity index (χ1v) is 4.88. The molecule has 1 rings (SSSR count). The molecule has 0 spiro atoms. The third kappa shape index (κ3) is 2.64. The summed E-state index contributed by atoms with van der Waals surface area (Å²) in [7, 11) is 0. The van der Waals surface area contributed by atoms with Crippen LogP contribution in [0.25, 0.3) is 0 Å². The van der Waals surface area contributed by atoms with Crippen LogP contribution < -0.4 is 5.32 Å². The molecule has 1 heterocycles. The summed E-state index contributed by atoms with van der Waals surface area (Å²) in [5.74, 6) is 0.117. The van der Waals surface area contributed by atoms with Gasteiger partial charge in [-0.1, -0.05) is 0 Å². The minimum atomic E-state index is -1.07. The number of nitrogens with one attached hydrogen (secondary N) is 1. The molecule has 1 unspecified atom stereocenters. The van der Waals surface area contributed by atoms with Gasteiger partial charge in [-0.3, -0.25) is 0 Å². The predicted octanol–water partition coefficient (Wildman–Crippen LogP) is -0.908. The molecule has 1 saturated heterocycles. The summed E-state index contributed by atoms with van der Waals surface area (Å²) in [5.41, 5.74) is -1.07. The quantitative estimate of drug-likeness (QED) is 0.462. The fourth-order valence-corrected chi connectivity index (χ4v) is 1.97. The Balaban J connectivity index is 2.51. The molecule has 0 aromatic rings. The van der Waals surface area contributed by atoms with Crippen LogP contribution in [0.15, 0.2) is 0 Å². The molecule has 1 aliphatic rings. The van der Waals surface area contributed by atoms with Crippen molar-refractivity contribution in [3.8, 4) is 0 Å². The van der Waals surface area contributed by atoms with Crippen LogP contribution in [-0.2, 0) is 0 Å². The SMILES string of the molecule is OCCC(O)(CO)C1CCNCC1. The highest BCUT2D eigenvalue weighted by Crippen LogP contribution is 2.28. The highest BCUT2D eigenvalue weighted by Gasteiger charge is 2.35. The van der Waals surface area contributed by atoms with E-state index in [-0.39, 0.29) is 25.6 Å². The second-order valence-electron chi connectivity index (χ2n) is 3.76. The lowest BCUT2D eigenvalue weighted by Crippen LogP contribution is -2.47. The van der Waals surface area contributed by atoms with Crippen LogP contribution in [0.4, 0.5) is 0 Å². The van der Waals surface area contributed by atoms with Gasteiger partial charge in [0.1, 0.15) is 0 Å². The summed E-state index contributed by atoms with van der Waals surface area (Å²) in [4.78, 5) is 0. The molecule has 78 valence electrons. The Bertz CT molecular complexity index is 148. The van der Waals surface area contributed by atoms with Crippen molar-refractivity contribution in [2.75, 3.05) is 26.3 Å². The maximum absolute atomic E-state index is 10.0. The molecule has 4 nitrogen and oxygen atoms in total. The van der Waals surface area contributed by atoms with E-state index in [1.165, 1.54) is 0 Å². The zero-order chi connectivity index (χ0) is 9.73. The summed E-state index contributed by atoms with van der Waals surface area (Å²) >= 11 is 0. The lowest BCUT2D eigenvalue weighted by molar-refractivity contribution is -0.0839. The van der Waals surface area contributed by atoms with Gasteiger partial charge in [0.05, 0.1) is 12.2 Å². The summed E-state index contributed by atoms with van der Waals surface area (Å²) in [6.07, 6.45) is 2.02. The molecule has 4 N–H and O–H groups in total. The average molecular weight is 189 g/mol. The van der Waals surface area contributed by atoms with Crippen LogP contribution >= 0.6 is 0 Å². The molecule has 1 fully saturated rings. The van der Waals surface area contributed by atoms with Crippen LogP contribution in [0.5, 0.6) is 0 Å². The lowest BCUT2D eigenvalue weighted by Gasteiger charge is -2.37. The van der Waals surface area contributed by atoms with E-state index in [4.69, 9.17) is 10.2 Å². The van der Waals surface area contributed by atoms with Gasteiger partial charge in [0.15, 0.2) is 0 Å². The maximum atomic E-state index is 10.0. The smallest absolute Gasteiger partial charge is 0.0928 e. The molecule has 4 heteroatoms. The van der Waals surface area contributed by atoms with E-state index in [9.17, 15) is 5.11 Å². The summed E-state index contributed by atoms with van der Waals surface area (Å²) in [6, 6.07) is 0. The molecule has 1 aliphatic heterocycles. The molecule has 0 radical (unpaired) electrons. The monoisotopic (exact) mass is 189 g/mol. The second-order valence-corrected chi connectivity index (χ2v) is 3.76. The summed E-state index contributed by atoms with van der Waals surface area (Å²) in [6.45, 7) is 1.45. The first-order chi connectivity index (χ1) is 6.23. The van der Waals surface area contributed by atoms with E-state index >= 15 is 0 Å². The van der Waals surface area contributed by atoms with E-state index in [0.717, 1.165) is 25.9 Å². The topological polar surface area (TPSA) is 72.7 Å². The molecule has 0 aromatic heterocycles. The van der Waals surface area contributed by atoms with Crippen LogP contribution in [0.2, 0.25) is 0 Å². The number of rotatable bonds is 4. The highest BCUT2D eigenvalue weighted by molar-refractivity contribution is 4.88. The molecule has 0 amide bonds. The van der Waals surface area contributed by atoms with Gasteiger partial charge >= 0.3 is 0 Å². The Morgan fingerprint density at radius 2 is 1.85 bits per heavy atom. The number of piperidine rings is 1. The Morgan fingerprint density at radius 3 is 2.31 bits per heavy atom. The standard InChI is InChI=1S/C9H19NO3/c11-6-3-9(13,7-12)8-1-4-10-5-2-8/h8,10-13H,1-7H2. The van der Waals surface area contributed by atoms with Gasteiger partial charge in [-0.05, 0) is 31.8 Å². The second kappa shape index (κ2) is 4.91. The van der Waals surface area contributed by atoms with E-state index in [1.54, 1.807) is 0 Å². The summed E-state index contributed by atoms with van der Waals surface area (Å²) < 4.78 is 0. The Labute approximate surface area is 78.6 Å². The Kier molecular flexibility index (Phi) is 4.12. The normalized spacial score (nSPS) is 24.2. The van der Waals surface area contributed by atoms with Gasteiger partial charge < -0.3 is 20.6 Å². The number of aliphatic hydroxyl groups is 3. The number of hydrogen-bond acceptors (Lipinski definition) is 4. The van der Waals surface area contributed by atoms with E-state index in [1.807, 2.05) is 0 Å². The van der Waals surface area contributed by atoms with E-state index in [2.05, 4.69) is 5.32 Å². The molecule has 0 saturated carbocycles. The Hall–Kier alpha value is -0.160.